The van der Waals surface area contributed by atoms with Crippen LogP contribution in [-0.2, 0) is 14.3 Å². The summed E-state index contributed by atoms with van der Waals surface area (Å²) >= 11 is 0. The van der Waals surface area contributed by atoms with Gasteiger partial charge >= 0.3 is 12.1 Å². The molecule has 1 fully saturated rings. The zero-order chi connectivity index (χ0) is 24.9. The molecule has 3 N–H and O–H groups in total. The number of ether oxygens (including phenoxy) is 1. The van der Waals surface area contributed by atoms with Gasteiger partial charge in [-0.1, -0.05) is 48.5 Å². The molecule has 35 heavy (non-hydrogen) atoms. The van der Waals surface area contributed by atoms with Crippen LogP contribution in [0.4, 0.5) is 4.79 Å². The number of benzene rings is 2. The van der Waals surface area contributed by atoms with E-state index in [1.165, 1.54) is 0 Å². The van der Waals surface area contributed by atoms with Gasteiger partial charge in [0.1, 0.15) is 12.6 Å². The van der Waals surface area contributed by atoms with Gasteiger partial charge in [-0.15, -0.1) is 0 Å². The molecule has 2 amide bonds. The van der Waals surface area contributed by atoms with Gasteiger partial charge in [0.2, 0.25) is 5.91 Å². The van der Waals surface area contributed by atoms with Crippen molar-refractivity contribution >= 4 is 18.0 Å². The zero-order valence-corrected chi connectivity index (χ0v) is 20.2. The largest absolute Gasteiger partial charge is 0.481 e. The molecule has 2 aliphatic carbocycles. The second-order valence-electron chi connectivity index (χ2n) is 9.68. The zero-order valence-electron chi connectivity index (χ0n) is 20.2. The minimum Gasteiger partial charge on any atom is -0.481 e. The summed E-state index contributed by atoms with van der Waals surface area (Å²) < 4.78 is 5.62. The second-order valence-corrected chi connectivity index (χ2v) is 9.68. The fraction of sp³-hybridized carbons (Fsp3) is 0.444. The summed E-state index contributed by atoms with van der Waals surface area (Å²) in [6.07, 6.45) is 1.67. The number of carboxylic acids is 1. The summed E-state index contributed by atoms with van der Waals surface area (Å²) in [6.45, 7) is 0.496. The number of carbonyl (C=O) groups excluding carboxylic acids is 2. The van der Waals surface area contributed by atoms with E-state index in [9.17, 15) is 19.5 Å². The molecule has 2 aliphatic rings. The van der Waals surface area contributed by atoms with Crippen LogP contribution in [0.1, 0.15) is 42.7 Å². The highest BCUT2D eigenvalue weighted by molar-refractivity contribution is 5.86. The molecule has 0 radical (unpaired) electrons. The van der Waals surface area contributed by atoms with E-state index in [0.29, 0.717) is 32.2 Å². The highest BCUT2D eigenvalue weighted by Crippen LogP contribution is 2.44. The summed E-state index contributed by atoms with van der Waals surface area (Å²) in [6, 6.07) is 15.4. The van der Waals surface area contributed by atoms with E-state index in [0.717, 1.165) is 22.3 Å². The van der Waals surface area contributed by atoms with Crippen LogP contribution in [0.5, 0.6) is 0 Å². The van der Waals surface area contributed by atoms with E-state index in [2.05, 4.69) is 34.9 Å². The molecule has 0 unspecified atom stereocenters. The molecule has 0 saturated heterocycles. The first-order chi connectivity index (χ1) is 16.8. The van der Waals surface area contributed by atoms with Gasteiger partial charge in [-0.2, -0.15) is 0 Å². The summed E-state index contributed by atoms with van der Waals surface area (Å²) in [5.74, 6) is -1.47. The van der Waals surface area contributed by atoms with Crippen molar-refractivity contribution in [2.24, 2.45) is 5.92 Å². The predicted octanol–water partition coefficient (Wildman–Crippen LogP) is 3.21. The van der Waals surface area contributed by atoms with Crippen LogP contribution in [0.15, 0.2) is 48.5 Å². The quantitative estimate of drug-likeness (QED) is 0.537. The predicted molar refractivity (Wildman–Crippen MR) is 132 cm³/mol. The van der Waals surface area contributed by atoms with E-state index >= 15 is 0 Å². The van der Waals surface area contributed by atoms with Crippen LogP contribution < -0.4 is 10.6 Å². The minimum atomic E-state index is -0.780. The Bertz CT molecular complexity index is 1030. The number of alkyl carbamates (subject to hydrolysis) is 1. The Morgan fingerprint density at radius 3 is 2.09 bits per heavy atom. The number of nitrogens with zero attached hydrogens (tertiary/aromatic N) is 1. The number of aliphatic carboxylic acids is 1. The smallest absolute Gasteiger partial charge is 0.407 e. The molecule has 2 aromatic carbocycles. The first kappa shape index (κ1) is 24.7. The number of fused-ring (bicyclic) bond motifs is 3. The Kier molecular flexibility index (Phi) is 7.70. The Hall–Kier alpha value is -3.39. The number of likely N-dealkylation sites (N-methyl/N-ethyl adjacent to an activating group) is 1. The fourth-order valence-electron chi connectivity index (χ4n) is 5.13. The third-order valence-corrected chi connectivity index (χ3v) is 6.92. The van der Waals surface area contributed by atoms with Crippen LogP contribution in [0.25, 0.3) is 11.1 Å². The molecule has 0 aliphatic heterocycles. The van der Waals surface area contributed by atoms with Gasteiger partial charge in [-0.05, 0) is 62.0 Å². The maximum Gasteiger partial charge on any atom is 0.407 e. The van der Waals surface area contributed by atoms with Gasteiger partial charge in [-0.3, -0.25) is 9.59 Å². The average molecular weight is 480 g/mol. The first-order valence-corrected chi connectivity index (χ1v) is 12.1. The third-order valence-electron chi connectivity index (χ3n) is 6.92. The Labute approximate surface area is 205 Å². The van der Waals surface area contributed by atoms with Gasteiger partial charge in [0, 0.05) is 18.5 Å². The van der Waals surface area contributed by atoms with Crippen molar-refractivity contribution in [3.63, 3.8) is 0 Å². The number of hydrogen-bond donors (Lipinski definition) is 3. The van der Waals surface area contributed by atoms with Crippen molar-refractivity contribution in [1.29, 1.82) is 0 Å². The van der Waals surface area contributed by atoms with Crippen LogP contribution >= 0.6 is 0 Å². The van der Waals surface area contributed by atoms with Crippen LogP contribution in [0.2, 0.25) is 0 Å². The third kappa shape index (κ3) is 5.82. The maximum atomic E-state index is 13.0. The molecule has 0 heterocycles. The van der Waals surface area contributed by atoms with E-state index in [1.807, 2.05) is 43.3 Å². The molecular weight excluding hydrogens is 446 g/mol. The van der Waals surface area contributed by atoms with Crippen molar-refractivity contribution < 1.29 is 24.2 Å². The van der Waals surface area contributed by atoms with Crippen molar-refractivity contribution in [2.75, 3.05) is 27.2 Å². The van der Waals surface area contributed by atoms with Gasteiger partial charge < -0.3 is 25.4 Å². The second kappa shape index (κ2) is 10.9. The molecule has 8 nitrogen and oxygen atoms in total. The molecule has 186 valence electrons. The molecule has 1 atom stereocenters. The molecule has 0 spiro atoms. The van der Waals surface area contributed by atoms with Crippen molar-refractivity contribution in [1.82, 2.24) is 15.5 Å². The molecule has 4 rings (SSSR count). The summed E-state index contributed by atoms with van der Waals surface area (Å²) in [5.41, 5.74) is 4.56. The summed E-state index contributed by atoms with van der Waals surface area (Å²) in [7, 11) is 3.66. The Morgan fingerprint density at radius 1 is 0.971 bits per heavy atom. The standard InChI is InChI=1S/C27H33N3O5/c1-30(2)15-24(25(31)28-18-13-11-17(12-14-18)26(32)33)29-27(34)35-16-23-21-9-5-3-7-19(21)20-8-4-6-10-22(20)23/h3-10,17-18,23-24H,11-16H2,1-2H3,(H,28,31)(H,29,34)(H,32,33)/t17?,18?,24-/m0/s1. The lowest BCUT2D eigenvalue weighted by atomic mass is 9.86. The molecule has 1 saturated carbocycles. The van der Waals surface area contributed by atoms with E-state index < -0.39 is 18.1 Å². The van der Waals surface area contributed by atoms with Crippen LogP contribution in [0.3, 0.4) is 0 Å². The monoisotopic (exact) mass is 479 g/mol. The van der Waals surface area contributed by atoms with Crippen LogP contribution in [-0.4, -0.2) is 67.3 Å². The highest BCUT2D eigenvalue weighted by Gasteiger charge is 2.31. The highest BCUT2D eigenvalue weighted by atomic mass is 16.5. The van der Waals surface area contributed by atoms with E-state index in [1.54, 1.807) is 0 Å². The average Bonchev–Trinajstić information content (AvgIpc) is 3.16. The van der Waals surface area contributed by atoms with E-state index in [-0.39, 0.29) is 30.4 Å². The number of carboxylic acid groups (broad SMARTS) is 1. The molecule has 0 aromatic heterocycles. The summed E-state index contributed by atoms with van der Waals surface area (Å²) in [5, 5.41) is 14.9. The van der Waals surface area contributed by atoms with Crippen molar-refractivity contribution in [3.8, 4) is 11.1 Å². The maximum absolute atomic E-state index is 13.0. The van der Waals surface area contributed by atoms with Gasteiger partial charge in [0.25, 0.3) is 0 Å². The summed E-state index contributed by atoms with van der Waals surface area (Å²) in [4.78, 5) is 38.7. The van der Waals surface area contributed by atoms with E-state index in [4.69, 9.17) is 4.74 Å². The molecule has 8 heteroatoms. The topological polar surface area (TPSA) is 108 Å². The van der Waals surface area contributed by atoms with Gasteiger partial charge in [0.05, 0.1) is 5.92 Å². The number of rotatable bonds is 8. The molecular formula is C27H33N3O5. The van der Waals surface area contributed by atoms with Gasteiger partial charge in [-0.25, -0.2) is 4.79 Å². The number of carbonyl (C=O) groups is 3. The molecule has 0 bridgehead atoms. The lowest BCUT2D eigenvalue weighted by molar-refractivity contribution is -0.142. The number of nitrogens with one attached hydrogen (secondary N) is 2. The minimum absolute atomic E-state index is 0.0568. The number of hydrogen-bond acceptors (Lipinski definition) is 5. The SMILES string of the molecule is CN(C)C[C@H](NC(=O)OCC1c2ccccc2-c2ccccc21)C(=O)NC1CCC(C(=O)O)CC1. The Balaban J connectivity index is 1.35. The van der Waals surface area contributed by atoms with Crippen molar-refractivity contribution in [3.05, 3.63) is 59.7 Å². The van der Waals surface area contributed by atoms with Crippen molar-refractivity contribution in [2.45, 2.75) is 43.7 Å². The number of amides is 2. The van der Waals surface area contributed by atoms with Crippen LogP contribution in [0, 0.1) is 5.92 Å². The molecule has 2 aromatic rings. The first-order valence-electron chi connectivity index (χ1n) is 12.1. The lowest BCUT2D eigenvalue weighted by Crippen LogP contribution is -2.54. The van der Waals surface area contributed by atoms with Gasteiger partial charge in [0.15, 0.2) is 0 Å². The Morgan fingerprint density at radius 2 is 1.54 bits per heavy atom. The lowest BCUT2D eigenvalue weighted by Gasteiger charge is -2.29. The normalized spacial score (nSPS) is 20.0. The fourth-order valence-corrected chi connectivity index (χ4v) is 5.13.